The summed E-state index contributed by atoms with van der Waals surface area (Å²) in [5.74, 6) is 0.164. The van der Waals surface area contributed by atoms with Crippen LogP contribution in [-0.2, 0) is 4.79 Å². The largest absolute Gasteiger partial charge is 0.341 e. The molecule has 0 heterocycles. The molecular weight excluding hydrogens is 320 g/mol. The zero-order valence-corrected chi connectivity index (χ0v) is 12.7. The molecular formula is C18H12ClF2NO. The van der Waals surface area contributed by atoms with Gasteiger partial charge in [-0.15, -0.1) is 6.42 Å². The second-order valence-electron chi connectivity index (χ2n) is 4.62. The van der Waals surface area contributed by atoms with Crippen molar-refractivity contribution in [2.75, 3.05) is 6.54 Å². The molecule has 0 bridgehead atoms. The van der Waals surface area contributed by atoms with Gasteiger partial charge in [-0.3, -0.25) is 4.79 Å². The van der Waals surface area contributed by atoms with Gasteiger partial charge in [-0.25, -0.2) is 8.78 Å². The van der Waals surface area contributed by atoms with E-state index < -0.39 is 17.5 Å². The fourth-order valence-corrected chi connectivity index (χ4v) is 2.05. The summed E-state index contributed by atoms with van der Waals surface area (Å²) in [7, 11) is 0. The summed E-state index contributed by atoms with van der Waals surface area (Å²) in [6, 6.07) is 9.66. The Morgan fingerprint density at radius 3 is 2.52 bits per heavy atom. The smallest absolute Gasteiger partial charge is 0.252 e. The van der Waals surface area contributed by atoms with Crippen LogP contribution in [0.5, 0.6) is 0 Å². The zero-order valence-electron chi connectivity index (χ0n) is 11.9. The first kappa shape index (κ1) is 16.7. The highest BCUT2D eigenvalue weighted by Gasteiger charge is 2.16. The van der Waals surface area contributed by atoms with E-state index in [9.17, 15) is 13.6 Å². The van der Waals surface area contributed by atoms with E-state index in [-0.39, 0.29) is 17.7 Å². The number of terminal acetylenes is 1. The molecule has 0 unspecified atom stereocenters. The van der Waals surface area contributed by atoms with Crippen molar-refractivity contribution in [2.45, 2.75) is 0 Å². The topological polar surface area (TPSA) is 29.1 Å². The minimum atomic E-state index is -0.832. The number of carbonyl (C=O) groups is 1. The molecule has 2 aromatic rings. The van der Waals surface area contributed by atoms with Crippen LogP contribution in [0.25, 0.3) is 11.6 Å². The van der Waals surface area contributed by atoms with Gasteiger partial charge in [0.05, 0.1) is 12.1 Å². The van der Waals surface area contributed by atoms with Crippen molar-refractivity contribution in [3.05, 3.63) is 70.2 Å². The van der Waals surface area contributed by atoms with Gasteiger partial charge in [-0.05, 0) is 35.9 Å². The zero-order chi connectivity index (χ0) is 16.8. The third kappa shape index (κ3) is 4.41. The lowest BCUT2D eigenvalue weighted by atomic mass is 10.0. The van der Waals surface area contributed by atoms with Crippen LogP contribution in [0.4, 0.5) is 8.78 Å². The number of benzene rings is 2. The van der Waals surface area contributed by atoms with Gasteiger partial charge < -0.3 is 5.32 Å². The summed E-state index contributed by atoms with van der Waals surface area (Å²) >= 11 is 5.82. The van der Waals surface area contributed by atoms with Crippen molar-refractivity contribution in [3.8, 4) is 12.3 Å². The maximum absolute atomic E-state index is 14.0. The van der Waals surface area contributed by atoms with Gasteiger partial charge in [-0.1, -0.05) is 29.7 Å². The molecule has 23 heavy (non-hydrogen) atoms. The molecule has 2 nitrogen and oxygen atoms in total. The van der Waals surface area contributed by atoms with E-state index in [0.717, 1.165) is 12.1 Å². The van der Waals surface area contributed by atoms with Crippen LogP contribution in [0.2, 0.25) is 5.02 Å². The molecule has 1 N–H and O–H groups in total. The average Bonchev–Trinajstić information content (AvgIpc) is 2.53. The Morgan fingerprint density at radius 2 is 1.91 bits per heavy atom. The van der Waals surface area contributed by atoms with E-state index >= 15 is 0 Å². The summed E-state index contributed by atoms with van der Waals surface area (Å²) in [6.45, 7) is -0.000392. The molecule has 0 atom stereocenters. The van der Waals surface area contributed by atoms with Crippen LogP contribution in [0.15, 0.2) is 42.5 Å². The van der Waals surface area contributed by atoms with E-state index in [4.69, 9.17) is 18.0 Å². The van der Waals surface area contributed by atoms with Crippen molar-refractivity contribution in [1.29, 1.82) is 0 Å². The molecule has 1 amide bonds. The fourth-order valence-electron chi connectivity index (χ4n) is 1.93. The first-order chi connectivity index (χ1) is 11.0. The second kappa shape index (κ2) is 7.57. The third-order valence-corrected chi connectivity index (χ3v) is 3.25. The number of amides is 1. The first-order valence-corrected chi connectivity index (χ1v) is 7.03. The van der Waals surface area contributed by atoms with Crippen molar-refractivity contribution >= 4 is 29.2 Å². The van der Waals surface area contributed by atoms with E-state index in [1.807, 2.05) is 0 Å². The van der Waals surface area contributed by atoms with Gasteiger partial charge in [-0.2, -0.15) is 0 Å². The number of nitrogens with one attached hydrogen (secondary N) is 1. The van der Waals surface area contributed by atoms with Gasteiger partial charge in [0.15, 0.2) is 0 Å². The number of hydrogen-bond acceptors (Lipinski definition) is 1. The monoisotopic (exact) mass is 331 g/mol. The molecule has 0 spiro atoms. The highest BCUT2D eigenvalue weighted by atomic mass is 35.5. The molecule has 116 valence electrons. The van der Waals surface area contributed by atoms with Crippen molar-refractivity contribution < 1.29 is 13.6 Å². The molecule has 2 aromatic carbocycles. The van der Waals surface area contributed by atoms with Crippen LogP contribution in [0.3, 0.4) is 0 Å². The molecule has 5 heteroatoms. The van der Waals surface area contributed by atoms with Gasteiger partial charge in [0.25, 0.3) is 5.91 Å². The predicted octanol–water partition coefficient (Wildman–Crippen LogP) is 3.91. The molecule has 0 aliphatic heterocycles. The normalized spacial score (nSPS) is 11.0. The van der Waals surface area contributed by atoms with Crippen LogP contribution in [0.1, 0.15) is 11.1 Å². The Balaban J connectivity index is 2.49. The van der Waals surface area contributed by atoms with Crippen LogP contribution in [0, 0.1) is 24.0 Å². The Labute approximate surface area is 137 Å². The third-order valence-electron chi connectivity index (χ3n) is 3.00. The lowest BCUT2D eigenvalue weighted by Gasteiger charge is -2.09. The molecule has 2 rings (SSSR count). The highest BCUT2D eigenvalue weighted by Crippen LogP contribution is 2.23. The Kier molecular flexibility index (Phi) is 5.51. The number of rotatable bonds is 4. The van der Waals surface area contributed by atoms with Crippen molar-refractivity contribution in [3.63, 3.8) is 0 Å². The summed E-state index contributed by atoms with van der Waals surface area (Å²) < 4.78 is 27.1. The Hall–Kier alpha value is -2.64. The van der Waals surface area contributed by atoms with Gasteiger partial charge in [0.2, 0.25) is 0 Å². The minimum Gasteiger partial charge on any atom is -0.341 e. The Morgan fingerprint density at radius 1 is 1.22 bits per heavy atom. The van der Waals surface area contributed by atoms with Crippen LogP contribution >= 0.6 is 11.6 Å². The molecule has 0 fully saturated rings. The minimum absolute atomic E-state index is 0.000392. The number of halogens is 3. The maximum atomic E-state index is 14.0. The standard InChI is InChI=1S/C18H12ClF2NO/c1-2-9-22-18(23)16(10-12-3-5-13(19)6-4-12)15-8-7-14(20)11-17(15)21/h1,3-8,10-11H,9H2,(H,22,23)/b16-10+. The molecule has 0 radical (unpaired) electrons. The first-order valence-electron chi connectivity index (χ1n) is 6.65. The molecule has 0 aliphatic carbocycles. The van der Waals surface area contributed by atoms with E-state index in [0.29, 0.717) is 10.6 Å². The van der Waals surface area contributed by atoms with Crippen LogP contribution < -0.4 is 5.32 Å². The lowest BCUT2D eigenvalue weighted by molar-refractivity contribution is -0.115. The van der Waals surface area contributed by atoms with Gasteiger partial charge in [0, 0.05) is 16.7 Å². The van der Waals surface area contributed by atoms with Crippen molar-refractivity contribution in [2.24, 2.45) is 0 Å². The SMILES string of the molecule is C#CCNC(=O)/C(=C/c1ccc(Cl)cc1)c1ccc(F)cc1F. The quantitative estimate of drug-likeness (QED) is 0.514. The number of hydrogen-bond donors (Lipinski definition) is 1. The van der Waals surface area contributed by atoms with Crippen LogP contribution in [-0.4, -0.2) is 12.5 Å². The van der Waals surface area contributed by atoms with Crippen molar-refractivity contribution in [1.82, 2.24) is 5.32 Å². The Bertz CT molecular complexity index is 792. The van der Waals surface area contributed by atoms with E-state index in [1.54, 1.807) is 24.3 Å². The second-order valence-corrected chi connectivity index (χ2v) is 5.06. The summed E-state index contributed by atoms with van der Waals surface area (Å²) in [5, 5.41) is 3.01. The summed E-state index contributed by atoms with van der Waals surface area (Å²) in [4.78, 5) is 12.2. The fraction of sp³-hybridized carbons (Fsp3) is 0.0556. The highest BCUT2D eigenvalue weighted by molar-refractivity contribution is 6.30. The average molecular weight is 332 g/mol. The van der Waals surface area contributed by atoms with Gasteiger partial charge >= 0.3 is 0 Å². The number of carbonyl (C=O) groups excluding carboxylic acids is 1. The molecule has 0 aliphatic rings. The predicted molar refractivity (Wildman–Crippen MR) is 87.5 cm³/mol. The molecule has 0 saturated carbocycles. The molecule has 0 aromatic heterocycles. The van der Waals surface area contributed by atoms with Gasteiger partial charge in [0.1, 0.15) is 11.6 Å². The maximum Gasteiger partial charge on any atom is 0.252 e. The van der Waals surface area contributed by atoms with E-state index in [2.05, 4.69) is 11.2 Å². The lowest BCUT2D eigenvalue weighted by Crippen LogP contribution is -2.24. The van der Waals surface area contributed by atoms with E-state index in [1.165, 1.54) is 12.1 Å². The summed E-state index contributed by atoms with van der Waals surface area (Å²) in [5.41, 5.74) is 0.667. The summed E-state index contributed by atoms with van der Waals surface area (Å²) in [6.07, 6.45) is 6.60. The molecule has 0 saturated heterocycles.